The molecule has 0 radical (unpaired) electrons. The first-order valence-electron chi connectivity index (χ1n) is 6.72. The summed E-state index contributed by atoms with van der Waals surface area (Å²) in [7, 11) is 1.71. The Morgan fingerprint density at radius 2 is 2.24 bits per heavy atom. The van der Waals surface area contributed by atoms with E-state index in [9.17, 15) is 4.79 Å². The zero-order chi connectivity index (χ0) is 12.5. The third-order valence-corrected chi connectivity index (χ3v) is 4.63. The zero-order valence-corrected chi connectivity index (χ0v) is 11.3. The number of carbonyl (C=O) groups excluding carboxylic acids is 1. The van der Waals surface area contributed by atoms with Gasteiger partial charge in [-0.3, -0.25) is 9.69 Å². The topological polar surface area (TPSA) is 44.4 Å². The molecular weight excluding hydrogens is 214 g/mol. The lowest BCUT2D eigenvalue weighted by Gasteiger charge is -2.35. The predicted octanol–water partition coefficient (Wildman–Crippen LogP) is 0.442. The molecule has 2 N–H and O–H groups in total. The first-order chi connectivity index (χ1) is 8.05. The van der Waals surface area contributed by atoms with Crippen LogP contribution in [0, 0.1) is 11.8 Å². The van der Waals surface area contributed by atoms with Gasteiger partial charge in [0.25, 0.3) is 0 Å². The molecule has 17 heavy (non-hydrogen) atoms. The summed E-state index contributed by atoms with van der Waals surface area (Å²) in [5.74, 6) is 1.75. The lowest BCUT2D eigenvalue weighted by atomic mass is 9.85. The summed E-state index contributed by atoms with van der Waals surface area (Å²) in [6.07, 6.45) is 1.62. The van der Waals surface area contributed by atoms with Gasteiger partial charge < -0.3 is 10.6 Å². The molecule has 2 aliphatic heterocycles. The first kappa shape index (κ1) is 12.8. The van der Waals surface area contributed by atoms with E-state index >= 15 is 0 Å². The highest BCUT2D eigenvalue weighted by atomic mass is 16.1. The molecule has 1 amide bonds. The summed E-state index contributed by atoms with van der Waals surface area (Å²) < 4.78 is 0. The molecule has 0 aromatic heterocycles. The van der Waals surface area contributed by atoms with E-state index in [-0.39, 0.29) is 11.4 Å². The first-order valence-corrected chi connectivity index (χ1v) is 6.72. The number of nitrogens with one attached hydrogen (secondary N) is 2. The summed E-state index contributed by atoms with van der Waals surface area (Å²) in [6.45, 7) is 9.27. The molecule has 0 spiro atoms. The third-order valence-electron chi connectivity index (χ3n) is 4.63. The largest absolute Gasteiger partial charge is 0.359 e. The van der Waals surface area contributed by atoms with Gasteiger partial charge in [0.05, 0.1) is 0 Å². The van der Waals surface area contributed by atoms with E-state index < -0.39 is 0 Å². The fraction of sp³-hybridized carbons (Fsp3) is 0.923. The maximum Gasteiger partial charge on any atom is 0.219 e. The molecule has 0 bridgehead atoms. The fourth-order valence-corrected chi connectivity index (χ4v) is 3.44. The van der Waals surface area contributed by atoms with Crippen molar-refractivity contribution in [1.82, 2.24) is 15.5 Å². The number of nitrogens with zero attached hydrogens (tertiary/aromatic N) is 1. The number of likely N-dealkylation sites (tertiary alicyclic amines) is 1. The summed E-state index contributed by atoms with van der Waals surface area (Å²) in [6, 6.07) is 0. The van der Waals surface area contributed by atoms with Gasteiger partial charge in [-0.05, 0) is 45.2 Å². The molecule has 0 aromatic carbocycles. The Kier molecular flexibility index (Phi) is 3.73. The Bertz CT molecular complexity index is 290. The molecule has 2 saturated heterocycles. The molecule has 2 rings (SSSR count). The number of hydrogen-bond acceptors (Lipinski definition) is 3. The van der Waals surface area contributed by atoms with Gasteiger partial charge in [-0.15, -0.1) is 0 Å². The predicted molar refractivity (Wildman–Crippen MR) is 68.8 cm³/mol. The van der Waals surface area contributed by atoms with E-state index in [1.165, 1.54) is 13.1 Å². The van der Waals surface area contributed by atoms with Gasteiger partial charge in [0.1, 0.15) is 0 Å². The molecule has 4 nitrogen and oxygen atoms in total. The van der Waals surface area contributed by atoms with Crippen molar-refractivity contribution in [2.75, 3.05) is 33.2 Å². The highest BCUT2D eigenvalue weighted by molar-refractivity contribution is 5.75. The zero-order valence-electron chi connectivity index (χ0n) is 11.3. The Labute approximate surface area is 104 Å². The normalized spacial score (nSPS) is 31.5. The smallest absolute Gasteiger partial charge is 0.219 e. The minimum atomic E-state index is 0.156. The Balaban J connectivity index is 1.84. The summed E-state index contributed by atoms with van der Waals surface area (Å²) >= 11 is 0. The second-order valence-corrected chi connectivity index (χ2v) is 5.90. The van der Waals surface area contributed by atoms with Crippen LogP contribution in [0.5, 0.6) is 0 Å². The molecular formula is C13H25N3O. The fourth-order valence-electron chi connectivity index (χ4n) is 3.44. The molecule has 2 heterocycles. The molecule has 4 heteroatoms. The average Bonchev–Trinajstić information content (AvgIpc) is 2.83. The van der Waals surface area contributed by atoms with Crippen molar-refractivity contribution < 1.29 is 4.79 Å². The van der Waals surface area contributed by atoms with Gasteiger partial charge >= 0.3 is 0 Å². The number of hydrogen-bond donors (Lipinski definition) is 2. The maximum absolute atomic E-state index is 11.2. The van der Waals surface area contributed by atoms with Crippen molar-refractivity contribution in [3.05, 3.63) is 0 Å². The second kappa shape index (κ2) is 4.94. The summed E-state index contributed by atoms with van der Waals surface area (Å²) in [5, 5.41) is 6.18. The van der Waals surface area contributed by atoms with Gasteiger partial charge in [0, 0.05) is 32.1 Å². The van der Waals surface area contributed by atoms with E-state index in [0.717, 1.165) is 31.3 Å². The summed E-state index contributed by atoms with van der Waals surface area (Å²) in [5.41, 5.74) is 0.289. The van der Waals surface area contributed by atoms with Crippen LogP contribution in [-0.2, 0) is 4.79 Å². The number of carbonyl (C=O) groups is 1. The number of rotatable bonds is 4. The van der Waals surface area contributed by atoms with Crippen LogP contribution < -0.4 is 10.6 Å². The number of amides is 1. The van der Waals surface area contributed by atoms with Crippen LogP contribution >= 0.6 is 0 Å². The van der Waals surface area contributed by atoms with E-state index in [4.69, 9.17) is 0 Å². The van der Waals surface area contributed by atoms with Gasteiger partial charge in [-0.1, -0.05) is 0 Å². The van der Waals surface area contributed by atoms with Gasteiger partial charge in [-0.25, -0.2) is 0 Å². The van der Waals surface area contributed by atoms with Crippen LogP contribution in [-0.4, -0.2) is 49.6 Å². The lowest BCUT2D eigenvalue weighted by molar-refractivity contribution is -0.120. The van der Waals surface area contributed by atoms with Crippen molar-refractivity contribution >= 4 is 5.91 Å². The lowest BCUT2D eigenvalue weighted by Crippen LogP contribution is -2.45. The maximum atomic E-state index is 11.2. The van der Waals surface area contributed by atoms with Gasteiger partial charge in [0.2, 0.25) is 5.91 Å². The Morgan fingerprint density at radius 3 is 2.88 bits per heavy atom. The molecule has 2 fully saturated rings. The van der Waals surface area contributed by atoms with E-state index in [1.807, 2.05) is 0 Å². The molecule has 2 aliphatic rings. The molecule has 2 atom stereocenters. The van der Waals surface area contributed by atoms with E-state index in [1.54, 1.807) is 7.05 Å². The molecule has 2 unspecified atom stereocenters. The third kappa shape index (κ3) is 2.47. The van der Waals surface area contributed by atoms with Crippen molar-refractivity contribution in [3.63, 3.8) is 0 Å². The minimum Gasteiger partial charge on any atom is -0.359 e. The SMILES string of the molecule is CNC(=O)CCCN1CC2CNCC2C1(C)C. The quantitative estimate of drug-likeness (QED) is 0.748. The summed E-state index contributed by atoms with van der Waals surface area (Å²) in [4.78, 5) is 13.8. The molecule has 0 saturated carbocycles. The van der Waals surface area contributed by atoms with Crippen LogP contribution in [0.3, 0.4) is 0 Å². The van der Waals surface area contributed by atoms with Gasteiger partial charge in [-0.2, -0.15) is 0 Å². The molecule has 0 aromatic rings. The van der Waals surface area contributed by atoms with Crippen LogP contribution in [0.1, 0.15) is 26.7 Å². The minimum absolute atomic E-state index is 0.156. The van der Waals surface area contributed by atoms with Gasteiger partial charge in [0.15, 0.2) is 0 Å². The van der Waals surface area contributed by atoms with Crippen molar-refractivity contribution in [2.24, 2.45) is 11.8 Å². The Morgan fingerprint density at radius 1 is 1.47 bits per heavy atom. The highest BCUT2D eigenvalue weighted by Gasteiger charge is 2.48. The van der Waals surface area contributed by atoms with Crippen molar-refractivity contribution in [1.29, 1.82) is 0 Å². The second-order valence-electron chi connectivity index (χ2n) is 5.90. The number of fused-ring (bicyclic) bond motifs is 1. The van der Waals surface area contributed by atoms with Crippen LogP contribution in [0.4, 0.5) is 0 Å². The Hall–Kier alpha value is -0.610. The molecule has 98 valence electrons. The molecule has 0 aliphatic carbocycles. The van der Waals surface area contributed by atoms with E-state index in [2.05, 4.69) is 29.4 Å². The standard InChI is InChI=1S/C13H25N3O/c1-13(2)11-8-15-7-10(11)9-16(13)6-4-5-12(17)14-3/h10-11,15H,4-9H2,1-3H3,(H,14,17). The van der Waals surface area contributed by atoms with Crippen molar-refractivity contribution in [2.45, 2.75) is 32.2 Å². The van der Waals surface area contributed by atoms with Crippen molar-refractivity contribution in [3.8, 4) is 0 Å². The van der Waals surface area contributed by atoms with Crippen LogP contribution in [0.25, 0.3) is 0 Å². The highest BCUT2D eigenvalue weighted by Crippen LogP contribution is 2.40. The van der Waals surface area contributed by atoms with E-state index in [0.29, 0.717) is 6.42 Å². The average molecular weight is 239 g/mol. The van der Waals surface area contributed by atoms with Crippen LogP contribution in [0.15, 0.2) is 0 Å². The monoisotopic (exact) mass is 239 g/mol. The van der Waals surface area contributed by atoms with Crippen LogP contribution in [0.2, 0.25) is 0 Å².